The van der Waals surface area contributed by atoms with Gasteiger partial charge in [-0.15, -0.1) is 11.3 Å². The Balaban J connectivity index is 1.69. The molecule has 2 aromatic rings. The molecule has 0 spiro atoms. The van der Waals surface area contributed by atoms with Gasteiger partial charge in [0, 0.05) is 36.7 Å². The highest BCUT2D eigenvalue weighted by Gasteiger charge is 2.22. The lowest BCUT2D eigenvalue weighted by atomic mass is 10.2. The number of aromatic nitrogens is 1. The van der Waals surface area contributed by atoms with Gasteiger partial charge in [-0.1, -0.05) is 12.1 Å². The highest BCUT2D eigenvalue weighted by atomic mass is 32.1. The lowest BCUT2D eigenvalue weighted by molar-refractivity contribution is 0.0690. The van der Waals surface area contributed by atoms with E-state index >= 15 is 0 Å². The Morgan fingerprint density at radius 2 is 1.86 bits per heavy atom. The van der Waals surface area contributed by atoms with E-state index in [4.69, 9.17) is 5.11 Å². The Morgan fingerprint density at radius 1 is 1.18 bits per heavy atom. The van der Waals surface area contributed by atoms with Crippen LogP contribution in [-0.2, 0) is 0 Å². The number of rotatable bonds is 3. The maximum atomic E-state index is 11.1. The Hall–Kier alpha value is -2.08. The molecular weight excluding hydrogens is 298 g/mol. The largest absolute Gasteiger partial charge is 0.476 e. The summed E-state index contributed by atoms with van der Waals surface area (Å²) in [5, 5.41) is 9.93. The summed E-state index contributed by atoms with van der Waals surface area (Å²) in [6.45, 7) is 7.48. The maximum Gasteiger partial charge on any atom is 0.355 e. The van der Waals surface area contributed by atoms with Crippen LogP contribution >= 0.6 is 11.3 Å². The topological polar surface area (TPSA) is 56.7 Å². The summed E-state index contributed by atoms with van der Waals surface area (Å²) in [7, 11) is 0. The zero-order chi connectivity index (χ0) is 15.7. The van der Waals surface area contributed by atoms with Crippen molar-refractivity contribution in [3.05, 3.63) is 40.4 Å². The second-order valence-corrected chi connectivity index (χ2v) is 6.70. The summed E-state index contributed by atoms with van der Waals surface area (Å²) >= 11 is 1.46. The van der Waals surface area contributed by atoms with E-state index in [2.05, 4.69) is 46.0 Å². The second kappa shape index (κ2) is 5.96. The molecule has 116 valence electrons. The Kier molecular flexibility index (Phi) is 4.02. The molecule has 0 saturated carbocycles. The van der Waals surface area contributed by atoms with Crippen molar-refractivity contribution in [2.24, 2.45) is 0 Å². The van der Waals surface area contributed by atoms with Crippen molar-refractivity contribution < 1.29 is 9.90 Å². The highest BCUT2D eigenvalue weighted by molar-refractivity contribution is 7.15. The van der Waals surface area contributed by atoms with E-state index in [9.17, 15) is 4.79 Å². The third-order valence-corrected chi connectivity index (χ3v) is 4.94. The zero-order valence-corrected chi connectivity index (χ0v) is 13.6. The number of nitrogens with zero attached hydrogens (tertiary/aromatic N) is 3. The summed E-state index contributed by atoms with van der Waals surface area (Å²) in [5.74, 6) is -0.946. The van der Waals surface area contributed by atoms with Crippen LogP contribution in [0.2, 0.25) is 0 Å². The van der Waals surface area contributed by atoms with Crippen LogP contribution in [0.25, 0.3) is 0 Å². The predicted molar refractivity (Wildman–Crippen MR) is 89.4 cm³/mol. The number of thiazole rings is 1. The van der Waals surface area contributed by atoms with Crippen LogP contribution in [0, 0.1) is 13.8 Å². The summed E-state index contributed by atoms with van der Waals surface area (Å²) in [4.78, 5) is 20.7. The van der Waals surface area contributed by atoms with Crippen molar-refractivity contribution in [3.8, 4) is 0 Å². The lowest BCUT2D eigenvalue weighted by Crippen LogP contribution is -2.46. The van der Waals surface area contributed by atoms with E-state index in [0.717, 1.165) is 36.2 Å². The van der Waals surface area contributed by atoms with Crippen LogP contribution < -0.4 is 9.80 Å². The van der Waals surface area contributed by atoms with Crippen molar-refractivity contribution in [2.75, 3.05) is 36.0 Å². The second-order valence-electron chi connectivity index (χ2n) is 5.52. The van der Waals surface area contributed by atoms with Gasteiger partial charge in [0.05, 0.1) is 0 Å². The number of hydrogen-bond donors (Lipinski definition) is 1. The van der Waals surface area contributed by atoms with Crippen molar-refractivity contribution >= 4 is 28.1 Å². The van der Waals surface area contributed by atoms with Gasteiger partial charge >= 0.3 is 5.97 Å². The van der Waals surface area contributed by atoms with Crippen molar-refractivity contribution in [1.29, 1.82) is 0 Å². The number of carboxylic acid groups (broad SMARTS) is 1. The molecule has 1 aliphatic heterocycles. The first-order valence-electron chi connectivity index (χ1n) is 7.32. The first-order valence-corrected chi connectivity index (χ1v) is 8.13. The first-order chi connectivity index (χ1) is 10.5. The summed E-state index contributed by atoms with van der Waals surface area (Å²) in [6, 6.07) is 8.52. The monoisotopic (exact) mass is 317 g/mol. The van der Waals surface area contributed by atoms with Crippen molar-refractivity contribution in [1.82, 2.24) is 4.98 Å². The van der Waals surface area contributed by atoms with E-state index in [1.54, 1.807) is 0 Å². The lowest BCUT2D eigenvalue weighted by Gasteiger charge is -2.36. The molecule has 0 radical (unpaired) electrons. The molecule has 1 aromatic carbocycles. The number of benzene rings is 1. The van der Waals surface area contributed by atoms with Gasteiger partial charge in [0.2, 0.25) is 0 Å². The smallest absolute Gasteiger partial charge is 0.355 e. The third kappa shape index (κ3) is 2.92. The van der Waals surface area contributed by atoms with Gasteiger partial charge in [0.25, 0.3) is 0 Å². The van der Waals surface area contributed by atoms with Gasteiger partial charge in [-0.2, -0.15) is 0 Å². The van der Waals surface area contributed by atoms with Gasteiger partial charge < -0.3 is 14.9 Å². The fraction of sp³-hybridized carbons (Fsp3) is 0.375. The van der Waals surface area contributed by atoms with E-state index in [0.29, 0.717) is 0 Å². The molecular formula is C16H19N3O2S. The van der Waals surface area contributed by atoms with Gasteiger partial charge in [0.1, 0.15) is 0 Å². The molecule has 3 rings (SSSR count). The minimum atomic E-state index is -0.946. The molecule has 0 unspecified atom stereocenters. The number of aromatic carboxylic acids is 1. The van der Waals surface area contributed by atoms with Gasteiger partial charge in [-0.05, 0) is 31.5 Å². The van der Waals surface area contributed by atoms with Crippen LogP contribution in [0.3, 0.4) is 0 Å². The molecule has 1 saturated heterocycles. The number of anilines is 2. The SMILES string of the molecule is Cc1cccc(N2CCN(c3nc(C(=O)O)c(C)s3)CC2)c1. The van der Waals surface area contributed by atoms with E-state index < -0.39 is 5.97 Å². The van der Waals surface area contributed by atoms with Crippen LogP contribution in [0.15, 0.2) is 24.3 Å². The summed E-state index contributed by atoms with van der Waals surface area (Å²) < 4.78 is 0. The minimum Gasteiger partial charge on any atom is -0.476 e. The molecule has 1 fully saturated rings. The number of piperazine rings is 1. The Labute approximate surface area is 133 Å². The molecule has 0 atom stereocenters. The first kappa shape index (κ1) is 14.8. The number of carbonyl (C=O) groups is 1. The molecule has 1 aliphatic rings. The van der Waals surface area contributed by atoms with Crippen LogP contribution in [0.5, 0.6) is 0 Å². The zero-order valence-electron chi connectivity index (χ0n) is 12.7. The van der Waals surface area contributed by atoms with Gasteiger partial charge in [-0.3, -0.25) is 0 Å². The molecule has 0 amide bonds. The Bertz CT molecular complexity index is 690. The van der Waals surface area contributed by atoms with Crippen LogP contribution in [-0.4, -0.2) is 42.2 Å². The molecule has 22 heavy (non-hydrogen) atoms. The van der Waals surface area contributed by atoms with Crippen molar-refractivity contribution in [2.45, 2.75) is 13.8 Å². The summed E-state index contributed by atoms with van der Waals surface area (Å²) in [5.41, 5.74) is 2.70. The highest BCUT2D eigenvalue weighted by Crippen LogP contribution is 2.27. The van der Waals surface area contributed by atoms with E-state index in [-0.39, 0.29) is 5.69 Å². The van der Waals surface area contributed by atoms with Crippen molar-refractivity contribution in [3.63, 3.8) is 0 Å². The average molecular weight is 317 g/mol. The maximum absolute atomic E-state index is 11.1. The molecule has 6 heteroatoms. The fourth-order valence-electron chi connectivity index (χ4n) is 2.70. The quantitative estimate of drug-likeness (QED) is 0.943. The van der Waals surface area contributed by atoms with E-state index in [1.807, 2.05) is 6.92 Å². The predicted octanol–water partition coefficient (Wildman–Crippen LogP) is 2.78. The molecule has 5 nitrogen and oxygen atoms in total. The molecule has 0 aliphatic carbocycles. The third-order valence-electron chi connectivity index (χ3n) is 3.90. The average Bonchev–Trinajstić information content (AvgIpc) is 2.90. The summed E-state index contributed by atoms with van der Waals surface area (Å²) in [6.07, 6.45) is 0. The minimum absolute atomic E-state index is 0.182. The Morgan fingerprint density at radius 3 is 2.45 bits per heavy atom. The molecule has 1 aromatic heterocycles. The standard InChI is InChI=1S/C16H19N3O2S/c1-11-4-3-5-13(10-11)18-6-8-19(9-7-18)16-17-14(15(20)21)12(2)22-16/h3-5,10H,6-9H2,1-2H3,(H,20,21). The van der Waals surface area contributed by atoms with E-state index in [1.165, 1.54) is 22.6 Å². The van der Waals surface area contributed by atoms with Crippen LogP contribution in [0.4, 0.5) is 10.8 Å². The van der Waals surface area contributed by atoms with Gasteiger partial charge in [0.15, 0.2) is 10.8 Å². The normalized spacial score (nSPS) is 15.2. The number of carboxylic acids is 1. The number of aryl methyl sites for hydroxylation is 2. The molecule has 2 heterocycles. The van der Waals surface area contributed by atoms with Crippen LogP contribution in [0.1, 0.15) is 20.9 Å². The molecule has 0 bridgehead atoms. The fourth-order valence-corrected chi connectivity index (χ4v) is 3.65. The van der Waals surface area contributed by atoms with Gasteiger partial charge in [-0.25, -0.2) is 9.78 Å². The molecule has 1 N–H and O–H groups in total. The number of hydrogen-bond acceptors (Lipinski definition) is 5.